The number of benzene rings is 1. The van der Waals surface area contributed by atoms with E-state index in [-0.39, 0.29) is 0 Å². The van der Waals surface area contributed by atoms with Gasteiger partial charge in [0.15, 0.2) is 0 Å². The normalized spacial score (nSPS) is 25.6. The van der Waals surface area contributed by atoms with Crippen molar-refractivity contribution in [2.24, 2.45) is 5.92 Å². The van der Waals surface area contributed by atoms with Crippen LogP contribution in [0.25, 0.3) is 10.1 Å². The SMILES string of the molecule is CSC1CCC(CCN2CCN(c3cccc4sccc34)CC2)CC1. The fourth-order valence-electron chi connectivity index (χ4n) is 4.49. The zero-order valence-corrected chi connectivity index (χ0v) is 17.0. The van der Waals surface area contributed by atoms with Crippen LogP contribution in [0.2, 0.25) is 0 Å². The summed E-state index contributed by atoms with van der Waals surface area (Å²) in [6, 6.07) is 9.04. The van der Waals surface area contributed by atoms with Crippen molar-refractivity contribution in [2.75, 3.05) is 43.9 Å². The van der Waals surface area contributed by atoms with Gasteiger partial charge in [-0.25, -0.2) is 0 Å². The fourth-order valence-corrected chi connectivity index (χ4v) is 6.04. The molecule has 2 heterocycles. The van der Waals surface area contributed by atoms with Crippen molar-refractivity contribution in [3.05, 3.63) is 29.6 Å². The van der Waals surface area contributed by atoms with Gasteiger partial charge in [-0.2, -0.15) is 11.8 Å². The summed E-state index contributed by atoms with van der Waals surface area (Å²) < 4.78 is 1.42. The van der Waals surface area contributed by atoms with Crippen LogP contribution in [0, 0.1) is 5.92 Å². The zero-order valence-electron chi connectivity index (χ0n) is 15.3. The molecule has 4 heteroatoms. The average molecular weight is 375 g/mol. The van der Waals surface area contributed by atoms with Crippen LogP contribution in [0.3, 0.4) is 0 Å². The van der Waals surface area contributed by atoms with Crippen LogP contribution in [0.1, 0.15) is 32.1 Å². The van der Waals surface area contributed by atoms with Crippen molar-refractivity contribution < 1.29 is 0 Å². The smallest absolute Gasteiger partial charge is 0.0455 e. The second kappa shape index (κ2) is 8.32. The molecular formula is C21H30N2S2. The second-order valence-electron chi connectivity index (χ2n) is 7.61. The molecule has 2 aliphatic rings. The molecule has 1 aromatic carbocycles. The number of fused-ring (bicyclic) bond motifs is 1. The molecule has 136 valence electrons. The van der Waals surface area contributed by atoms with Gasteiger partial charge in [-0.1, -0.05) is 6.07 Å². The molecule has 0 N–H and O–H groups in total. The molecule has 0 unspecified atom stereocenters. The number of thioether (sulfide) groups is 1. The van der Waals surface area contributed by atoms with E-state index >= 15 is 0 Å². The molecule has 0 atom stereocenters. The summed E-state index contributed by atoms with van der Waals surface area (Å²) in [6.07, 6.45) is 9.52. The van der Waals surface area contributed by atoms with Crippen LogP contribution in [0.5, 0.6) is 0 Å². The van der Waals surface area contributed by atoms with E-state index in [4.69, 9.17) is 0 Å². The number of anilines is 1. The molecule has 0 amide bonds. The number of hydrogen-bond acceptors (Lipinski definition) is 4. The third kappa shape index (κ3) is 4.17. The van der Waals surface area contributed by atoms with Gasteiger partial charge in [-0.3, -0.25) is 4.90 Å². The van der Waals surface area contributed by atoms with Gasteiger partial charge in [-0.05, 0) is 74.4 Å². The van der Waals surface area contributed by atoms with Gasteiger partial charge in [0.25, 0.3) is 0 Å². The van der Waals surface area contributed by atoms with E-state index in [0.29, 0.717) is 0 Å². The van der Waals surface area contributed by atoms with E-state index in [1.54, 1.807) is 0 Å². The summed E-state index contributed by atoms with van der Waals surface area (Å²) in [5.41, 5.74) is 1.44. The maximum absolute atomic E-state index is 2.70. The van der Waals surface area contributed by atoms with Crippen molar-refractivity contribution in [1.29, 1.82) is 0 Å². The Morgan fingerprint density at radius 3 is 2.60 bits per heavy atom. The predicted octanol–water partition coefficient (Wildman–Crippen LogP) is 5.34. The minimum atomic E-state index is 0.944. The Kier molecular flexibility index (Phi) is 5.89. The molecule has 2 nitrogen and oxygen atoms in total. The van der Waals surface area contributed by atoms with E-state index in [0.717, 1.165) is 11.2 Å². The van der Waals surface area contributed by atoms with Crippen molar-refractivity contribution in [2.45, 2.75) is 37.4 Å². The Hall–Kier alpha value is -0.710. The number of hydrogen-bond donors (Lipinski definition) is 0. The number of nitrogens with zero attached hydrogens (tertiary/aromatic N) is 2. The van der Waals surface area contributed by atoms with Crippen LogP contribution in [0.15, 0.2) is 29.6 Å². The average Bonchev–Trinajstić information content (AvgIpc) is 3.16. The van der Waals surface area contributed by atoms with Gasteiger partial charge in [0, 0.05) is 47.2 Å². The van der Waals surface area contributed by atoms with Crippen LogP contribution in [0.4, 0.5) is 5.69 Å². The molecule has 0 bridgehead atoms. The quantitative estimate of drug-likeness (QED) is 0.698. The first kappa shape index (κ1) is 17.7. The molecular weight excluding hydrogens is 344 g/mol. The predicted molar refractivity (Wildman–Crippen MR) is 114 cm³/mol. The van der Waals surface area contributed by atoms with Crippen molar-refractivity contribution >= 4 is 38.9 Å². The molecule has 1 aliphatic carbocycles. The first-order valence-electron chi connectivity index (χ1n) is 9.80. The standard InChI is InChI=1S/C21H30N2S2/c1-24-18-7-5-17(6-8-18)9-11-22-12-14-23(15-13-22)20-3-2-4-21-19(20)10-16-25-21/h2-4,10,16-18H,5-9,11-15H2,1H3. The molecule has 0 spiro atoms. The summed E-state index contributed by atoms with van der Waals surface area (Å²) in [4.78, 5) is 5.29. The minimum Gasteiger partial charge on any atom is -0.368 e. The van der Waals surface area contributed by atoms with Gasteiger partial charge >= 0.3 is 0 Å². The Bertz CT molecular complexity index is 667. The molecule has 25 heavy (non-hydrogen) atoms. The molecule has 4 rings (SSSR count). The lowest BCUT2D eigenvalue weighted by atomic mass is 9.86. The molecule has 2 aromatic rings. The Morgan fingerprint density at radius 2 is 1.84 bits per heavy atom. The lowest BCUT2D eigenvalue weighted by molar-refractivity contribution is 0.222. The highest BCUT2D eigenvalue weighted by Gasteiger charge is 2.23. The van der Waals surface area contributed by atoms with Crippen molar-refractivity contribution in [3.8, 4) is 0 Å². The van der Waals surface area contributed by atoms with Crippen LogP contribution >= 0.6 is 23.1 Å². The Labute approximate surface area is 160 Å². The van der Waals surface area contributed by atoms with Gasteiger partial charge in [-0.15, -0.1) is 11.3 Å². The molecule has 1 aromatic heterocycles. The summed E-state index contributed by atoms with van der Waals surface area (Å²) in [5.74, 6) is 0.987. The van der Waals surface area contributed by atoms with E-state index in [1.165, 1.54) is 80.6 Å². The van der Waals surface area contributed by atoms with E-state index in [1.807, 2.05) is 11.3 Å². The van der Waals surface area contributed by atoms with Gasteiger partial charge < -0.3 is 4.90 Å². The number of thiophene rings is 1. The fraction of sp³-hybridized carbons (Fsp3) is 0.619. The lowest BCUT2D eigenvalue weighted by Gasteiger charge is -2.37. The number of piperazine rings is 1. The molecule has 1 aliphatic heterocycles. The molecule has 0 radical (unpaired) electrons. The summed E-state index contributed by atoms with van der Waals surface area (Å²) >= 11 is 3.93. The third-order valence-electron chi connectivity index (χ3n) is 6.17. The topological polar surface area (TPSA) is 6.48 Å². The van der Waals surface area contributed by atoms with Gasteiger partial charge in [0.2, 0.25) is 0 Å². The maximum atomic E-state index is 2.70. The third-order valence-corrected chi connectivity index (χ3v) is 8.19. The van der Waals surface area contributed by atoms with E-state index < -0.39 is 0 Å². The van der Waals surface area contributed by atoms with E-state index in [9.17, 15) is 0 Å². The minimum absolute atomic E-state index is 0.944. The second-order valence-corrected chi connectivity index (χ2v) is 9.69. The summed E-state index contributed by atoms with van der Waals surface area (Å²) in [5, 5.41) is 4.60. The number of rotatable bonds is 5. The van der Waals surface area contributed by atoms with Gasteiger partial charge in [0.1, 0.15) is 0 Å². The summed E-state index contributed by atoms with van der Waals surface area (Å²) in [7, 11) is 0. The van der Waals surface area contributed by atoms with Crippen molar-refractivity contribution in [1.82, 2.24) is 4.90 Å². The first-order chi connectivity index (χ1) is 12.3. The lowest BCUT2D eigenvalue weighted by Crippen LogP contribution is -2.47. The molecule has 2 fully saturated rings. The summed E-state index contributed by atoms with van der Waals surface area (Å²) in [6.45, 7) is 6.11. The van der Waals surface area contributed by atoms with Crippen LogP contribution in [-0.2, 0) is 0 Å². The van der Waals surface area contributed by atoms with Crippen LogP contribution < -0.4 is 4.90 Å². The zero-order chi connectivity index (χ0) is 17.1. The maximum Gasteiger partial charge on any atom is 0.0455 e. The molecule has 1 saturated heterocycles. The Balaban J connectivity index is 1.25. The first-order valence-corrected chi connectivity index (χ1v) is 12.0. The van der Waals surface area contributed by atoms with E-state index in [2.05, 4.69) is 57.5 Å². The Morgan fingerprint density at radius 1 is 1.04 bits per heavy atom. The van der Waals surface area contributed by atoms with Crippen LogP contribution in [-0.4, -0.2) is 49.1 Å². The highest BCUT2D eigenvalue weighted by molar-refractivity contribution is 7.99. The van der Waals surface area contributed by atoms with Crippen molar-refractivity contribution in [3.63, 3.8) is 0 Å². The monoisotopic (exact) mass is 374 g/mol. The molecule has 1 saturated carbocycles. The highest BCUT2D eigenvalue weighted by Crippen LogP contribution is 2.33. The highest BCUT2D eigenvalue weighted by atomic mass is 32.2. The van der Waals surface area contributed by atoms with Gasteiger partial charge in [0.05, 0.1) is 0 Å². The largest absolute Gasteiger partial charge is 0.368 e.